The Bertz CT molecular complexity index is 926. The van der Waals surface area contributed by atoms with Crippen molar-refractivity contribution in [2.24, 2.45) is 0 Å². The highest BCUT2D eigenvalue weighted by atomic mass is 32.1. The molecule has 0 radical (unpaired) electrons. The van der Waals surface area contributed by atoms with Gasteiger partial charge < -0.3 is 4.74 Å². The van der Waals surface area contributed by atoms with Crippen molar-refractivity contribution in [1.29, 1.82) is 0 Å². The molecule has 3 rings (SSSR count). The van der Waals surface area contributed by atoms with Crippen LogP contribution in [-0.2, 0) is 6.54 Å². The van der Waals surface area contributed by atoms with Crippen molar-refractivity contribution in [2.45, 2.75) is 52.5 Å². The van der Waals surface area contributed by atoms with E-state index in [9.17, 15) is 4.79 Å². The van der Waals surface area contributed by atoms with E-state index < -0.39 is 0 Å². The van der Waals surface area contributed by atoms with Crippen LogP contribution in [0.3, 0.4) is 0 Å². The summed E-state index contributed by atoms with van der Waals surface area (Å²) in [6.45, 7) is 4.89. The average Bonchev–Trinajstić information content (AvgIpc) is 3.07. The van der Waals surface area contributed by atoms with Gasteiger partial charge in [0.25, 0.3) is 5.56 Å². The summed E-state index contributed by atoms with van der Waals surface area (Å²) in [5.41, 5.74) is 2.06. The Morgan fingerprint density at radius 1 is 1.12 bits per heavy atom. The van der Waals surface area contributed by atoms with Gasteiger partial charge in [-0.25, -0.2) is 4.98 Å². The zero-order chi connectivity index (χ0) is 18.5. The van der Waals surface area contributed by atoms with Crippen molar-refractivity contribution in [2.75, 3.05) is 7.11 Å². The first-order chi connectivity index (χ1) is 12.7. The van der Waals surface area contributed by atoms with Gasteiger partial charge in [-0.2, -0.15) is 0 Å². The van der Waals surface area contributed by atoms with Crippen LogP contribution >= 0.6 is 11.3 Å². The highest BCUT2D eigenvalue weighted by Crippen LogP contribution is 2.32. The molecule has 0 atom stereocenters. The van der Waals surface area contributed by atoms with Crippen molar-refractivity contribution in [3.05, 3.63) is 45.8 Å². The number of benzene rings is 1. The second-order valence-corrected chi connectivity index (χ2v) is 7.45. The van der Waals surface area contributed by atoms with Gasteiger partial charge in [-0.05, 0) is 31.0 Å². The number of unbranched alkanes of at least 4 members (excludes halogenated alkanes) is 4. The van der Waals surface area contributed by atoms with E-state index in [1.165, 1.54) is 30.6 Å². The molecule has 3 aromatic rings. The summed E-state index contributed by atoms with van der Waals surface area (Å²) in [6.07, 6.45) is 5.90. The first-order valence-corrected chi connectivity index (χ1v) is 10.2. The Morgan fingerprint density at radius 2 is 1.85 bits per heavy atom. The van der Waals surface area contributed by atoms with Gasteiger partial charge >= 0.3 is 0 Å². The minimum absolute atomic E-state index is 0.0788. The largest absolute Gasteiger partial charge is 0.497 e. The van der Waals surface area contributed by atoms with Crippen LogP contribution in [0.5, 0.6) is 5.75 Å². The molecule has 0 amide bonds. The number of hydrogen-bond acceptors (Lipinski definition) is 4. The van der Waals surface area contributed by atoms with Crippen molar-refractivity contribution in [3.8, 4) is 16.9 Å². The van der Waals surface area contributed by atoms with E-state index >= 15 is 0 Å². The molecule has 0 saturated carbocycles. The predicted molar refractivity (Wildman–Crippen MR) is 109 cm³/mol. The van der Waals surface area contributed by atoms with Crippen molar-refractivity contribution < 1.29 is 4.74 Å². The highest BCUT2D eigenvalue weighted by Gasteiger charge is 2.15. The fourth-order valence-electron chi connectivity index (χ4n) is 3.25. The fourth-order valence-corrected chi connectivity index (χ4v) is 4.23. The monoisotopic (exact) mass is 370 g/mol. The summed E-state index contributed by atoms with van der Waals surface area (Å²) < 4.78 is 7.07. The molecular weight excluding hydrogens is 344 g/mol. The van der Waals surface area contributed by atoms with Crippen molar-refractivity contribution in [1.82, 2.24) is 9.55 Å². The molecule has 0 fully saturated rings. The summed E-state index contributed by atoms with van der Waals surface area (Å²) in [6, 6.07) is 7.84. The number of aromatic nitrogens is 2. The SMILES string of the molecule is CCCCCCCn1c(C)nc2scc(-c3ccc(OC)cc3)c2c1=O. The quantitative estimate of drug-likeness (QED) is 0.498. The maximum Gasteiger partial charge on any atom is 0.262 e. The standard InChI is InChI=1S/C21H26N2O2S/c1-4-5-6-7-8-13-23-15(2)22-20-19(21(23)24)18(14-26-20)16-9-11-17(25-3)12-10-16/h9-12,14H,4-8,13H2,1-3H3. The molecule has 26 heavy (non-hydrogen) atoms. The van der Waals surface area contributed by atoms with Crippen molar-refractivity contribution in [3.63, 3.8) is 0 Å². The van der Waals surface area contributed by atoms with Gasteiger partial charge in [-0.3, -0.25) is 9.36 Å². The highest BCUT2D eigenvalue weighted by molar-refractivity contribution is 7.17. The van der Waals surface area contributed by atoms with Crippen LogP contribution < -0.4 is 10.3 Å². The third-order valence-electron chi connectivity index (χ3n) is 4.77. The predicted octanol–water partition coefficient (Wildman–Crippen LogP) is 5.41. The average molecular weight is 371 g/mol. The van der Waals surface area contributed by atoms with Gasteiger partial charge in [0.1, 0.15) is 16.4 Å². The topological polar surface area (TPSA) is 44.1 Å². The Hall–Kier alpha value is -2.14. The van der Waals surface area contributed by atoms with Crippen LogP contribution in [0, 0.1) is 6.92 Å². The lowest BCUT2D eigenvalue weighted by Crippen LogP contribution is -2.23. The number of ether oxygens (including phenoxy) is 1. The maximum absolute atomic E-state index is 13.2. The van der Waals surface area contributed by atoms with Crippen molar-refractivity contribution >= 4 is 21.6 Å². The first kappa shape index (κ1) is 18.6. The van der Waals surface area contributed by atoms with Gasteiger partial charge in [0.05, 0.1) is 12.5 Å². The molecule has 5 heteroatoms. The Labute approximate surface area is 158 Å². The molecule has 0 aliphatic carbocycles. The molecule has 2 aromatic heterocycles. The minimum atomic E-state index is 0.0788. The minimum Gasteiger partial charge on any atom is -0.497 e. The normalized spacial score (nSPS) is 11.2. The van der Waals surface area contributed by atoms with Crippen LogP contribution in [0.2, 0.25) is 0 Å². The summed E-state index contributed by atoms with van der Waals surface area (Å²) in [4.78, 5) is 18.7. The molecule has 0 bridgehead atoms. The van der Waals surface area contributed by atoms with Crippen LogP contribution in [0.4, 0.5) is 0 Å². The van der Waals surface area contributed by atoms with Gasteiger partial charge in [0.15, 0.2) is 0 Å². The summed E-state index contributed by atoms with van der Waals surface area (Å²) in [5, 5.41) is 2.77. The lowest BCUT2D eigenvalue weighted by atomic mass is 10.1. The molecule has 138 valence electrons. The Kier molecular flexibility index (Phi) is 6.09. The van der Waals surface area contributed by atoms with E-state index in [1.54, 1.807) is 7.11 Å². The molecule has 0 unspecified atom stereocenters. The van der Waals surface area contributed by atoms with E-state index in [1.807, 2.05) is 41.1 Å². The molecule has 0 aliphatic heterocycles. The van der Waals surface area contributed by atoms with E-state index in [-0.39, 0.29) is 5.56 Å². The second-order valence-electron chi connectivity index (χ2n) is 6.59. The van der Waals surface area contributed by atoms with Gasteiger partial charge in [0.2, 0.25) is 0 Å². The zero-order valence-electron chi connectivity index (χ0n) is 15.7. The summed E-state index contributed by atoms with van der Waals surface area (Å²) in [7, 11) is 1.65. The number of aryl methyl sites for hydroxylation is 1. The number of thiophene rings is 1. The number of hydrogen-bond donors (Lipinski definition) is 0. The number of methoxy groups -OCH3 is 1. The van der Waals surface area contributed by atoms with E-state index in [0.29, 0.717) is 0 Å². The van der Waals surface area contributed by atoms with E-state index in [0.717, 1.165) is 52.3 Å². The third-order valence-corrected chi connectivity index (χ3v) is 5.64. The fraction of sp³-hybridized carbons (Fsp3) is 0.429. The number of rotatable bonds is 8. The zero-order valence-corrected chi connectivity index (χ0v) is 16.6. The smallest absolute Gasteiger partial charge is 0.262 e. The molecule has 0 spiro atoms. The lowest BCUT2D eigenvalue weighted by Gasteiger charge is -2.10. The van der Waals surface area contributed by atoms with Crippen LogP contribution in [0.1, 0.15) is 44.9 Å². The summed E-state index contributed by atoms with van der Waals surface area (Å²) >= 11 is 1.54. The molecule has 0 N–H and O–H groups in total. The maximum atomic E-state index is 13.2. The molecule has 4 nitrogen and oxygen atoms in total. The third kappa shape index (κ3) is 3.83. The molecule has 0 saturated heterocycles. The second kappa shape index (κ2) is 8.49. The molecule has 0 aliphatic rings. The van der Waals surface area contributed by atoms with Gasteiger partial charge in [-0.1, -0.05) is 44.7 Å². The van der Waals surface area contributed by atoms with Crippen LogP contribution in [0.15, 0.2) is 34.4 Å². The molecule has 2 heterocycles. The van der Waals surface area contributed by atoms with E-state index in [2.05, 4.69) is 11.9 Å². The number of nitrogens with zero attached hydrogens (tertiary/aromatic N) is 2. The van der Waals surface area contributed by atoms with E-state index in [4.69, 9.17) is 4.74 Å². The van der Waals surface area contributed by atoms with Crippen LogP contribution in [0.25, 0.3) is 21.3 Å². The lowest BCUT2D eigenvalue weighted by molar-refractivity contribution is 0.415. The Balaban J connectivity index is 1.94. The summed E-state index contributed by atoms with van der Waals surface area (Å²) in [5.74, 6) is 1.62. The first-order valence-electron chi connectivity index (χ1n) is 9.28. The van der Waals surface area contributed by atoms with Gasteiger partial charge in [-0.15, -0.1) is 11.3 Å². The van der Waals surface area contributed by atoms with Crippen LogP contribution in [-0.4, -0.2) is 16.7 Å². The molecule has 1 aromatic carbocycles. The Morgan fingerprint density at radius 3 is 2.54 bits per heavy atom. The van der Waals surface area contributed by atoms with Gasteiger partial charge in [0, 0.05) is 17.5 Å². The number of fused-ring (bicyclic) bond motifs is 1. The molecular formula is C21H26N2O2S.